The number of halogens is 3. The third-order valence-electron chi connectivity index (χ3n) is 4.07. The van der Waals surface area contributed by atoms with Gasteiger partial charge in [0, 0.05) is 5.92 Å². The second-order valence-electron chi connectivity index (χ2n) is 6.01. The van der Waals surface area contributed by atoms with Crippen LogP contribution >= 0.6 is 0 Å². The van der Waals surface area contributed by atoms with Gasteiger partial charge in [-0.3, -0.25) is 0 Å². The molecule has 0 radical (unpaired) electrons. The van der Waals surface area contributed by atoms with Crippen molar-refractivity contribution in [3.63, 3.8) is 0 Å². The van der Waals surface area contributed by atoms with Crippen LogP contribution in [0.15, 0.2) is 17.2 Å². The number of carboxylic acids is 1. The Hall–Kier alpha value is -3.25. The zero-order valence-electron chi connectivity index (χ0n) is 14.4. The molecule has 0 aromatic carbocycles. The summed E-state index contributed by atoms with van der Waals surface area (Å²) in [6.07, 6.45) is 2.78. The van der Waals surface area contributed by atoms with Gasteiger partial charge in [0.05, 0.1) is 12.9 Å². The smallest absolute Gasteiger partial charge is 0.475 e. The van der Waals surface area contributed by atoms with Crippen molar-refractivity contribution in [2.45, 2.75) is 44.3 Å². The molecule has 1 aliphatic carbocycles. The first-order valence-electron chi connectivity index (χ1n) is 8.35. The fraction of sp³-hybridized carbons (Fsp3) is 0.467. The first-order valence-corrected chi connectivity index (χ1v) is 8.35. The maximum atomic E-state index is 10.6. The summed E-state index contributed by atoms with van der Waals surface area (Å²) >= 11 is 0. The second-order valence-corrected chi connectivity index (χ2v) is 6.01. The van der Waals surface area contributed by atoms with E-state index < -0.39 is 12.1 Å². The molecular weight excluding hydrogens is 383 g/mol. The van der Waals surface area contributed by atoms with Gasteiger partial charge in [-0.2, -0.15) is 18.2 Å². The fourth-order valence-electron chi connectivity index (χ4n) is 2.74. The summed E-state index contributed by atoms with van der Waals surface area (Å²) in [6, 6.07) is 0. The monoisotopic (exact) mass is 399 g/mol. The summed E-state index contributed by atoms with van der Waals surface area (Å²) in [7, 11) is 0. The number of aromatic nitrogens is 6. The molecule has 4 rings (SSSR count). The third kappa shape index (κ3) is 4.72. The number of imidazole rings is 1. The largest absolute Gasteiger partial charge is 0.490 e. The molecule has 0 spiro atoms. The standard InChI is InChI=1S/C13H15N7O.C2HF3O2/c1-2-4-8(3-1)13-19-9(20-21-13)5-14-11-10-12(16-6-15-10)18-7-17-11;3-2(4,5)1(6)7/h6-8H,1-5H2,(H2,14,15,16,17,18);(H,6,7). The van der Waals surface area contributed by atoms with Crippen molar-refractivity contribution in [2.75, 3.05) is 5.32 Å². The summed E-state index contributed by atoms with van der Waals surface area (Å²) < 4.78 is 37.1. The molecule has 28 heavy (non-hydrogen) atoms. The number of carbonyl (C=O) groups is 1. The van der Waals surface area contributed by atoms with Crippen LogP contribution in [0.2, 0.25) is 0 Å². The fourth-order valence-corrected chi connectivity index (χ4v) is 2.74. The van der Waals surface area contributed by atoms with Crippen molar-refractivity contribution in [3.8, 4) is 0 Å². The lowest BCUT2D eigenvalue weighted by molar-refractivity contribution is -0.192. The lowest BCUT2D eigenvalue weighted by Crippen LogP contribution is -2.21. The molecule has 0 aliphatic heterocycles. The normalized spacial score (nSPS) is 14.7. The minimum absolute atomic E-state index is 0.435. The minimum atomic E-state index is -5.08. The van der Waals surface area contributed by atoms with Gasteiger partial charge in [0.2, 0.25) is 5.89 Å². The van der Waals surface area contributed by atoms with Crippen LogP contribution < -0.4 is 5.32 Å². The van der Waals surface area contributed by atoms with E-state index in [0.717, 1.165) is 24.2 Å². The van der Waals surface area contributed by atoms with Crippen molar-refractivity contribution in [1.29, 1.82) is 0 Å². The van der Waals surface area contributed by atoms with Gasteiger partial charge in [-0.1, -0.05) is 18.0 Å². The van der Waals surface area contributed by atoms with Gasteiger partial charge < -0.3 is 19.9 Å². The Labute approximate surface area is 155 Å². The minimum Gasteiger partial charge on any atom is -0.475 e. The summed E-state index contributed by atoms with van der Waals surface area (Å²) in [5.74, 6) is -0.233. The number of nitrogens with one attached hydrogen (secondary N) is 2. The Morgan fingerprint density at radius 3 is 2.68 bits per heavy atom. The molecule has 3 N–H and O–H groups in total. The van der Waals surface area contributed by atoms with E-state index in [9.17, 15) is 13.2 Å². The first-order chi connectivity index (χ1) is 13.3. The molecule has 0 bridgehead atoms. The highest BCUT2D eigenvalue weighted by molar-refractivity contribution is 5.81. The third-order valence-corrected chi connectivity index (χ3v) is 4.07. The number of aromatic amines is 1. The molecule has 0 amide bonds. The molecule has 1 aliphatic rings. The molecule has 13 heteroatoms. The number of anilines is 1. The van der Waals surface area contributed by atoms with Crippen molar-refractivity contribution in [3.05, 3.63) is 24.4 Å². The van der Waals surface area contributed by atoms with Crippen LogP contribution in [0, 0.1) is 0 Å². The maximum Gasteiger partial charge on any atom is 0.490 e. The number of hydrogen-bond donors (Lipinski definition) is 3. The second kappa shape index (κ2) is 8.19. The van der Waals surface area contributed by atoms with Crippen LogP contribution in [0.5, 0.6) is 0 Å². The number of fused-ring (bicyclic) bond motifs is 1. The van der Waals surface area contributed by atoms with Crippen LogP contribution in [0.3, 0.4) is 0 Å². The number of carboxylic acid groups (broad SMARTS) is 1. The van der Waals surface area contributed by atoms with E-state index in [4.69, 9.17) is 14.4 Å². The predicted molar refractivity (Wildman–Crippen MR) is 88.2 cm³/mol. The summed E-state index contributed by atoms with van der Waals surface area (Å²) in [5.41, 5.74) is 1.41. The Morgan fingerprint density at radius 1 is 1.29 bits per heavy atom. The zero-order valence-corrected chi connectivity index (χ0v) is 14.4. The van der Waals surface area contributed by atoms with E-state index in [1.807, 2.05) is 0 Å². The van der Waals surface area contributed by atoms with E-state index in [-0.39, 0.29) is 0 Å². The number of alkyl halides is 3. The zero-order chi connectivity index (χ0) is 20.1. The Balaban J connectivity index is 0.000000279. The molecule has 10 nitrogen and oxygen atoms in total. The van der Waals surface area contributed by atoms with Gasteiger partial charge >= 0.3 is 12.1 Å². The number of H-pyrrole nitrogens is 1. The predicted octanol–water partition coefficient (Wildman–Crippen LogP) is 2.64. The van der Waals surface area contributed by atoms with E-state index in [1.165, 1.54) is 19.2 Å². The van der Waals surface area contributed by atoms with Gasteiger partial charge in [-0.05, 0) is 12.8 Å². The van der Waals surface area contributed by atoms with E-state index in [1.54, 1.807) is 6.33 Å². The van der Waals surface area contributed by atoms with E-state index in [0.29, 0.717) is 29.8 Å². The van der Waals surface area contributed by atoms with Crippen LogP contribution in [0.4, 0.5) is 19.0 Å². The number of rotatable bonds is 4. The number of hydrogen-bond acceptors (Lipinski definition) is 8. The van der Waals surface area contributed by atoms with E-state index >= 15 is 0 Å². The first kappa shape index (κ1) is 19.5. The highest BCUT2D eigenvalue weighted by atomic mass is 19.4. The van der Waals surface area contributed by atoms with Crippen molar-refractivity contribution < 1.29 is 27.6 Å². The Morgan fingerprint density at radius 2 is 2.00 bits per heavy atom. The Bertz CT molecular complexity index is 934. The highest BCUT2D eigenvalue weighted by Crippen LogP contribution is 2.32. The van der Waals surface area contributed by atoms with Gasteiger partial charge in [-0.15, -0.1) is 0 Å². The van der Waals surface area contributed by atoms with Gasteiger partial charge in [0.25, 0.3) is 0 Å². The average molecular weight is 399 g/mol. The molecule has 3 aromatic rings. The van der Waals surface area contributed by atoms with Crippen molar-refractivity contribution >= 4 is 23.0 Å². The molecule has 3 aromatic heterocycles. The Kier molecular flexibility index (Phi) is 5.70. The molecule has 3 heterocycles. The average Bonchev–Trinajstić information content (AvgIpc) is 3.39. The molecular formula is C15H16F3N7O3. The molecule has 150 valence electrons. The molecule has 1 saturated carbocycles. The number of aliphatic carboxylic acids is 1. The van der Waals surface area contributed by atoms with Gasteiger partial charge in [0.1, 0.15) is 11.8 Å². The van der Waals surface area contributed by atoms with Crippen LogP contribution in [0.1, 0.15) is 43.3 Å². The van der Waals surface area contributed by atoms with Gasteiger partial charge in [0.15, 0.2) is 17.3 Å². The van der Waals surface area contributed by atoms with Crippen molar-refractivity contribution in [1.82, 2.24) is 30.1 Å². The van der Waals surface area contributed by atoms with Crippen LogP contribution in [0.25, 0.3) is 11.2 Å². The quantitative estimate of drug-likeness (QED) is 0.603. The topological polar surface area (TPSA) is 143 Å². The summed E-state index contributed by atoms with van der Waals surface area (Å²) in [4.78, 5) is 28.7. The molecule has 0 saturated heterocycles. The van der Waals surface area contributed by atoms with Crippen molar-refractivity contribution in [2.24, 2.45) is 0 Å². The number of nitrogens with zero attached hydrogens (tertiary/aromatic N) is 5. The lowest BCUT2D eigenvalue weighted by atomic mass is 10.1. The summed E-state index contributed by atoms with van der Waals surface area (Å²) in [6.45, 7) is 0.460. The lowest BCUT2D eigenvalue weighted by Gasteiger charge is -2.02. The maximum absolute atomic E-state index is 10.6. The molecule has 0 unspecified atom stereocenters. The van der Waals surface area contributed by atoms with Gasteiger partial charge in [-0.25, -0.2) is 19.7 Å². The highest BCUT2D eigenvalue weighted by Gasteiger charge is 2.38. The summed E-state index contributed by atoms with van der Waals surface area (Å²) in [5, 5.41) is 14.3. The molecule has 0 atom stereocenters. The van der Waals surface area contributed by atoms with Crippen LogP contribution in [-0.4, -0.2) is 47.3 Å². The van der Waals surface area contributed by atoms with E-state index in [2.05, 4.69) is 35.4 Å². The van der Waals surface area contributed by atoms with Crippen LogP contribution in [-0.2, 0) is 11.3 Å². The molecule has 1 fully saturated rings. The SMILES string of the molecule is O=C(O)C(F)(F)F.c1nc(NCc2noc(C3CCCC3)n2)c2[nH]cnc2n1.